The molecule has 0 saturated heterocycles. The van der Waals surface area contributed by atoms with Crippen LogP contribution in [0.3, 0.4) is 0 Å². The summed E-state index contributed by atoms with van der Waals surface area (Å²) in [7, 11) is 0. The molecule has 0 aliphatic heterocycles. The summed E-state index contributed by atoms with van der Waals surface area (Å²) in [6.45, 7) is -0.0177. The summed E-state index contributed by atoms with van der Waals surface area (Å²) in [5.41, 5.74) is -1.24. The molecular formula is C13H11F5N4O. The normalized spacial score (nSPS) is 12.9. The van der Waals surface area contributed by atoms with E-state index in [1.807, 2.05) is 0 Å². The van der Waals surface area contributed by atoms with E-state index in [0.29, 0.717) is 12.1 Å². The first kappa shape index (κ1) is 16.8. The molecule has 1 heterocycles. The molecule has 0 spiro atoms. The summed E-state index contributed by atoms with van der Waals surface area (Å²) < 4.78 is 67.6. The number of aryl methyl sites for hydroxylation is 1. The molecule has 1 aromatic heterocycles. The number of carbonyl (C=O) groups is 1. The highest BCUT2D eigenvalue weighted by molar-refractivity contribution is 5.76. The van der Waals surface area contributed by atoms with Crippen LogP contribution in [-0.4, -0.2) is 26.8 Å². The zero-order chi connectivity index (χ0) is 17.0. The van der Waals surface area contributed by atoms with E-state index in [2.05, 4.69) is 10.1 Å². The van der Waals surface area contributed by atoms with E-state index in [1.165, 1.54) is 17.3 Å². The van der Waals surface area contributed by atoms with E-state index in [0.717, 1.165) is 6.07 Å². The molecule has 10 heteroatoms. The number of alkyl halides is 3. The molecule has 1 atom stereocenters. The average Bonchev–Trinajstić information content (AvgIpc) is 2.96. The fourth-order valence-electron chi connectivity index (χ4n) is 1.90. The number of rotatable bonds is 5. The summed E-state index contributed by atoms with van der Waals surface area (Å²) in [6.07, 6.45) is -2.92. The van der Waals surface area contributed by atoms with Gasteiger partial charge in [0.1, 0.15) is 24.3 Å². The molecule has 0 bridgehead atoms. The second-order valence-electron chi connectivity index (χ2n) is 4.59. The van der Waals surface area contributed by atoms with Crippen LogP contribution in [0.25, 0.3) is 0 Å². The molecule has 124 valence electrons. The average molecular weight is 334 g/mol. The monoisotopic (exact) mass is 334 g/mol. The topological polar surface area (TPSA) is 59.8 Å². The van der Waals surface area contributed by atoms with Crippen LogP contribution in [0.5, 0.6) is 0 Å². The molecule has 5 nitrogen and oxygen atoms in total. The highest BCUT2D eigenvalue weighted by Crippen LogP contribution is 2.35. The summed E-state index contributed by atoms with van der Waals surface area (Å²) in [6, 6.07) is -0.446. The van der Waals surface area contributed by atoms with Gasteiger partial charge in [-0.3, -0.25) is 9.48 Å². The minimum absolute atomic E-state index is 0.0177. The van der Waals surface area contributed by atoms with Crippen molar-refractivity contribution in [3.8, 4) is 0 Å². The standard InChI is InChI=1S/C13H11F5N4O/c14-8-2-1-3-9(15)11(8)12(13(16,17)18)21-10(23)4-5-22-7-19-6-20-22/h1-3,6-7,12H,4-5H2,(H,21,23)/t12-/m1/s1. The van der Waals surface area contributed by atoms with Crippen molar-refractivity contribution in [3.63, 3.8) is 0 Å². The van der Waals surface area contributed by atoms with Crippen LogP contribution in [0.2, 0.25) is 0 Å². The fraction of sp³-hybridized carbons (Fsp3) is 0.308. The van der Waals surface area contributed by atoms with E-state index in [4.69, 9.17) is 0 Å². The number of amides is 1. The van der Waals surface area contributed by atoms with Gasteiger partial charge in [0.15, 0.2) is 6.04 Å². The summed E-state index contributed by atoms with van der Waals surface area (Å²) >= 11 is 0. The molecule has 0 fully saturated rings. The highest BCUT2D eigenvalue weighted by Gasteiger charge is 2.44. The van der Waals surface area contributed by atoms with Crippen molar-refractivity contribution < 1.29 is 26.7 Å². The number of hydrogen-bond donors (Lipinski definition) is 1. The number of benzene rings is 1. The maximum absolute atomic E-state index is 13.6. The molecule has 0 aliphatic rings. The van der Waals surface area contributed by atoms with Crippen LogP contribution in [0.15, 0.2) is 30.9 Å². The van der Waals surface area contributed by atoms with Gasteiger partial charge in [0.05, 0.1) is 12.1 Å². The lowest BCUT2D eigenvalue weighted by Crippen LogP contribution is -2.39. The Morgan fingerprint density at radius 1 is 1.26 bits per heavy atom. The van der Waals surface area contributed by atoms with Gasteiger partial charge in [-0.25, -0.2) is 13.8 Å². The largest absolute Gasteiger partial charge is 0.413 e. The van der Waals surface area contributed by atoms with Crippen LogP contribution in [0.1, 0.15) is 18.0 Å². The Morgan fingerprint density at radius 3 is 2.43 bits per heavy atom. The van der Waals surface area contributed by atoms with Crippen LogP contribution in [0.4, 0.5) is 22.0 Å². The third kappa shape index (κ3) is 4.24. The first-order valence-corrected chi connectivity index (χ1v) is 6.41. The molecule has 1 N–H and O–H groups in total. The molecule has 0 saturated carbocycles. The van der Waals surface area contributed by atoms with Gasteiger partial charge in [-0.15, -0.1) is 0 Å². The van der Waals surface area contributed by atoms with Crippen LogP contribution in [-0.2, 0) is 11.3 Å². The van der Waals surface area contributed by atoms with Crippen LogP contribution >= 0.6 is 0 Å². The number of nitrogens with one attached hydrogen (secondary N) is 1. The fourth-order valence-corrected chi connectivity index (χ4v) is 1.90. The Labute approximate surface area is 127 Å². The number of carbonyl (C=O) groups excluding carboxylic acids is 1. The Morgan fingerprint density at radius 2 is 1.91 bits per heavy atom. The van der Waals surface area contributed by atoms with Gasteiger partial charge in [0.2, 0.25) is 5.91 Å². The zero-order valence-electron chi connectivity index (χ0n) is 11.5. The number of halogens is 5. The predicted molar refractivity (Wildman–Crippen MR) is 67.9 cm³/mol. The van der Waals surface area contributed by atoms with E-state index in [9.17, 15) is 26.7 Å². The Kier molecular flexibility index (Phi) is 4.92. The smallest absolute Gasteiger partial charge is 0.341 e. The summed E-state index contributed by atoms with van der Waals surface area (Å²) in [4.78, 5) is 15.3. The first-order chi connectivity index (χ1) is 10.8. The second kappa shape index (κ2) is 6.71. The molecule has 0 radical (unpaired) electrons. The second-order valence-corrected chi connectivity index (χ2v) is 4.59. The van der Waals surface area contributed by atoms with E-state index in [1.54, 1.807) is 5.32 Å². The van der Waals surface area contributed by atoms with Gasteiger partial charge in [0, 0.05) is 6.42 Å². The van der Waals surface area contributed by atoms with Gasteiger partial charge in [-0.05, 0) is 12.1 Å². The predicted octanol–water partition coefficient (Wildman–Crippen LogP) is 2.37. The van der Waals surface area contributed by atoms with Crippen molar-refractivity contribution >= 4 is 5.91 Å². The van der Waals surface area contributed by atoms with E-state index < -0.39 is 35.3 Å². The van der Waals surface area contributed by atoms with Gasteiger partial charge in [-0.2, -0.15) is 18.3 Å². The third-order valence-corrected chi connectivity index (χ3v) is 2.96. The minimum Gasteiger partial charge on any atom is -0.341 e. The first-order valence-electron chi connectivity index (χ1n) is 6.41. The van der Waals surface area contributed by atoms with Crippen molar-refractivity contribution in [2.45, 2.75) is 25.2 Å². The van der Waals surface area contributed by atoms with Crippen molar-refractivity contribution in [1.82, 2.24) is 20.1 Å². The Bertz CT molecular complexity index is 651. The number of hydrogen-bond acceptors (Lipinski definition) is 3. The maximum Gasteiger partial charge on any atom is 0.413 e. The van der Waals surface area contributed by atoms with Gasteiger partial charge in [0.25, 0.3) is 0 Å². The van der Waals surface area contributed by atoms with E-state index in [-0.39, 0.29) is 13.0 Å². The molecular weight excluding hydrogens is 323 g/mol. The molecule has 1 amide bonds. The third-order valence-electron chi connectivity index (χ3n) is 2.96. The Hall–Kier alpha value is -2.52. The van der Waals surface area contributed by atoms with Gasteiger partial charge >= 0.3 is 6.18 Å². The number of aromatic nitrogens is 3. The highest BCUT2D eigenvalue weighted by atomic mass is 19.4. The lowest BCUT2D eigenvalue weighted by Gasteiger charge is -2.23. The molecule has 2 aromatic rings. The molecule has 23 heavy (non-hydrogen) atoms. The van der Waals surface area contributed by atoms with Crippen molar-refractivity contribution in [1.29, 1.82) is 0 Å². The van der Waals surface area contributed by atoms with E-state index >= 15 is 0 Å². The van der Waals surface area contributed by atoms with Crippen molar-refractivity contribution in [2.75, 3.05) is 0 Å². The Balaban J connectivity index is 2.15. The molecule has 2 rings (SSSR count). The van der Waals surface area contributed by atoms with Gasteiger partial charge < -0.3 is 5.32 Å². The lowest BCUT2D eigenvalue weighted by molar-refractivity contribution is -0.164. The molecule has 0 unspecified atom stereocenters. The number of nitrogens with zero attached hydrogens (tertiary/aromatic N) is 3. The maximum atomic E-state index is 13.6. The molecule has 0 aliphatic carbocycles. The van der Waals surface area contributed by atoms with Crippen LogP contribution < -0.4 is 5.32 Å². The SMILES string of the molecule is O=C(CCn1cncn1)N[C@H](c1c(F)cccc1F)C(F)(F)F. The zero-order valence-corrected chi connectivity index (χ0v) is 11.5. The summed E-state index contributed by atoms with van der Waals surface area (Å²) in [5, 5.41) is 5.30. The lowest BCUT2D eigenvalue weighted by atomic mass is 10.0. The quantitative estimate of drug-likeness (QED) is 0.854. The molecule has 1 aromatic carbocycles. The van der Waals surface area contributed by atoms with Crippen LogP contribution in [0, 0.1) is 11.6 Å². The van der Waals surface area contributed by atoms with Crippen molar-refractivity contribution in [2.24, 2.45) is 0 Å². The minimum atomic E-state index is -5.05. The van der Waals surface area contributed by atoms with Gasteiger partial charge in [-0.1, -0.05) is 6.07 Å². The van der Waals surface area contributed by atoms with Crippen molar-refractivity contribution in [3.05, 3.63) is 48.1 Å². The summed E-state index contributed by atoms with van der Waals surface area (Å²) in [5.74, 6) is -3.79.